The van der Waals surface area contributed by atoms with Gasteiger partial charge in [0.2, 0.25) is 0 Å². The third kappa shape index (κ3) is 6.00. The lowest BCUT2D eigenvalue weighted by Gasteiger charge is -2.09. The van der Waals surface area contributed by atoms with E-state index in [1.165, 1.54) is 0 Å². The Labute approximate surface area is 190 Å². The van der Waals surface area contributed by atoms with Crippen LogP contribution in [-0.4, -0.2) is 18.5 Å². The normalized spacial score (nSPS) is 19.2. The second kappa shape index (κ2) is 10.5. The minimum absolute atomic E-state index is 0.0403. The van der Waals surface area contributed by atoms with Gasteiger partial charge in [-0.3, -0.25) is 4.79 Å². The van der Waals surface area contributed by atoms with Crippen molar-refractivity contribution in [1.82, 2.24) is 0 Å². The molecule has 0 amide bonds. The van der Waals surface area contributed by atoms with Gasteiger partial charge in [0, 0.05) is 5.57 Å². The van der Waals surface area contributed by atoms with E-state index >= 15 is 0 Å². The molecule has 32 heavy (non-hydrogen) atoms. The molecule has 3 rings (SSSR count). The number of para-hydroxylation sites is 1. The van der Waals surface area contributed by atoms with Crippen LogP contribution in [0.3, 0.4) is 0 Å². The number of carbonyl (C=O) groups is 2. The van der Waals surface area contributed by atoms with Gasteiger partial charge in [0.25, 0.3) is 0 Å². The predicted molar refractivity (Wildman–Crippen MR) is 123 cm³/mol. The number of hydrogen-bond donors (Lipinski definition) is 0. The SMILES string of the molecule is CCCCOC(=O)/C(C)=C/[C@@H]1[C@@H](C(=O)OCc2cccc(Oc3ccccc3)c2)C1(C)C. The van der Waals surface area contributed by atoms with Crippen molar-refractivity contribution in [2.24, 2.45) is 17.3 Å². The number of benzene rings is 2. The van der Waals surface area contributed by atoms with Crippen LogP contribution in [-0.2, 0) is 25.7 Å². The summed E-state index contributed by atoms with van der Waals surface area (Å²) in [6, 6.07) is 17.0. The third-order valence-electron chi connectivity index (χ3n) is 5.91. The standard InChI is InChI=1S/C27H32O5/c1-5-6-15-30-25(28)19(2)16-23-24(27(23,3)4)26(29)31-18-20-11-10-14-22(17-20)32-21-12-8-7-9-13-21/h7-14,16-17,23-24H,5-6,15,18H2,1-4H3/b19-16+/t23-,24+/m1/s1. The van der Waals surface area contributed by atoms with Gasteiger partial charge in [0.1, 0.15) is 18.1 Å². The van der Waals surface area contributed by atoms with Crippen molar-refractivity contribution in [3.8, 4) is 11.5 Å². The van der Waals surface area contributed by atoms with E-state index in [1.54, 1.807) is 6.92 Å². The van der Waals surface area contributed by atoms with E-state index in [-0.39, 0.29) is 35.8 Å². The summed E-state index contributed by atoms with van der Waals surface area (Å²) in [4.78, 5) is 24.9. The highest BCUT2D eigenvalue weighted by molar-refractivity contribution is 5.88. The molecule has 0 unspecified atom stereocenters. The van der Waals surface area contributed by atoms with Gasteiger partial charge in [-0.05, 0) is 54.5 Å². The van der Waals surface area contributed by atoms with Crippen molar-refractivity contribution in [3.05, 3.63) is 71.8 Å². The number of rotatable bonds is 10. The molecule has 0 spiro atoms. The molecule has 170 valence electrons. The lowest BCUT2D eigenvalue weighted by Crippen LogP contribution is -2.11. The number of carbonyl (C=O) groups excluding carboxylic acids is 2. The van der Waals surface area contributed by atoms with Crippen LogP contribution >= 0.6 is 0 Å². The first-order valence-corrected chi connectivity index (χ1v) is 11.2. The van der Waals surface area contributed by atoms with Crippen LogP contribution in [0.4, 0.5) is 0 Å². The van der Waals surface area contributed by atoms with E-state index in [4.69, 9.17) is 14.2 Å². The molecule has 0 N–H and O–H groups in total. The summed E-state index contributed by atoms with van der Waals surface area (Å²) < 4.78 is 16.7. The van der Waals surface area contributed by atoms with Crippen LogP contribution in [0.5, 0.6) is 11.5 Å². The Kier molecular flexibility index (Phi) is 7.73. The molecular formula is C27H32O5. The molecule has 0 saturated heterocycles. The highest BCUT2D eigenvalue weighted by Crippen LogP contribution is 2.59. The fourth-order valence-corrected chi connectivity index (χ4v) is 3.77. The Morgan fingerprint density at radius 2 is 1.72 bits per heavy atom. The van der Waals surface area contributed by atoms with Gasteiger partial charge < -0.3 is 14.2 Å². The van der Waals surface area contributed by atoms with E-state index in [1.807, 2.05) is 81.4 Å². The zero-order valence-electron chi connectivity index (χ0n) is 19.3. The first-order chi connectivity index (χ1) is 15.3. The van der Waals surface area contributed by atoms with Gasteiger partial charge in [-0.15, -0.1) is 0 Å². The molecule has 1 aliphatic rings. The summed E-state index contributed by atoms with van der Waals surface area (Å²) in [7, 11) is 0. The average Bonchev–Trinajstić information content (AvgIpc) is 3.32. The molecule has 0 heterocycles. The van der Waals surface area contributed by atoms with Crippen LogP contribution in [0, 0.1) is 17.3 Å². The maximum Gasteiger partial charge on any atom is 0.333 e. The Bertz CT molecular complexity index is 961. The summed E-state index contributed by atoms with van der Waals surface area (Å²) in [6.07, 6.45) is 3.68. The van der Waals surface area contributed by atoms with Gasteiger partial charge in [0.05, 0.1) is 12.5 Å². The molecule has 2 atom stereocenters. The molecular weight excluding hydrogens is 404 g/mol. The van der Waals surface area contributed by atoms with Gasteiger partial charge in [0.15, 0.2) is 0 Å². The minimum Gasteiger partial charge on any atom is -0.462 e. The van der Waals surface area contributed by atoms with Crippen LogP contribution in [0.25, 0.3) is 0 Å². The summed E-state index contributed by atoms with van der Waals surface area (Å²) in [6.45, 7) is 8.42. The molecule has 5 nitrogen and oxygen atoms in total. The minimum atomic E-state index is -0.316. The second-order valence-electron chi connectivity index (χ2n) is 8.83. The molecule has 0 aliphatic heterocycles. The molecule has 2 aromatic rings. The lowest BCUT2D eigenvalue weighted by molar-refractivity contribution is -0.147. The molecule has 1 saturated carbocycles. The molecule has 0 bridgehead atoms. The maximum absolute atomic E-state index is 12.7. The summed E-state index contributed by atoms with van der Waals surface area (Å²) in [5.41, 5.74) is 1.15. The second-order valence-corrected chi connectivity index (χ2v) is 8.83. The average molecular weight is 437 g/mol. The third-order valence-corrected chi connectivity index (χ3v) is 5.91. The van der Waals surface area contributed by atoms with Crippen LogP contribution < -0.4 is 4.74 Å². The van der Waals surface area contributed by atoms with Gasteiger partial charge in [-0.2, -0.15) is 0 Å². The first-order valence-electron chi connectivity index (χ1n) is 11.2. The zero-order valence-corrected chi connectivity index (χ0v) is 19.3. The van der Waals surface area contributed by atoms with E-state index in [0.717, 1.165) is 24.2 Å². The lowest BCUT2D eigenvalue weighted by atomic mass is 10.1. The summed E-state index contributed by atoms with van der Waals surface area (Å²) >= 11 is 0. The van der Waals surface area contributed by atoms with Crippen molar-refractivity contribution >= 4 is 11.9 Å². The fraction of sp³-hybridized carbons (Fsp3) is 0.407. The van der Waals surface area contributed by atoms with E-state index in [0.29, 0.717) is 17.9 Å². The van der Waals surface area contributed by atoms with E-state index in [9.17, 15) is 9.59 Å². The van der Waals surface area contributed by atoms with Crippen LogP contribution in [0.2, 0.25) is 0 Å². The predicted octanol–water partition coefficient (Wildman–Crippen LogP) is 6.08. The number of ether oxygens (including phenoxy) is 3. The Hall–Kier alpha value is -3.08. The topological polar surface area (TPSA) is 61.8 Å². The van der Waals surface area contributed by atoms with Crippen molar-refractivity contribution < 1.29 is 23.8 Å². The fourth-order valence-electron chi connectivity index (χ4n) is 3.77. The van der Waals surface area contributed by atoms with Crippen LogP contribution in [0.15, 0.2) is 66.2 Å². The van der Waals surface area contributed by atoms with Gasteiger partial charge in [-0.25, -0.2) is 4.79 Å². The molecule has 0 radical (unpaired) electrons. The monoisotopic (exact) mass is 436 g/mol. The van der Waals surface area contributed by atoms with Gasteiger partial charge >= 0.3 is 11.9 Å². The first kappa shape index (κ1) is 23.6. The maximum atomic E-state index is 12.7. The number of allylic oxidation sites excluding steroid dienone is 1. The van der Waals surface area contributed by atoms with E-state index < -0.39 is 0 Å². The molecule has 2 aromatic carbocycles. The van der Waals surface area contributed by atoms with Crippen molar-refractivity contribution in [2.75, 3.05) is 6.61 Å². The zero-order chi connectivity index (χ0) is 23.1. The Balaban J connectivity index is 1.55. The summed E-state index contributed by atoms with van der Waals surface area (Å²) in [5, 5.41) is 0. The number of esters is 2. The molecule has 5 heteroatoms. The smallest absolute Gasteiger partial charge is 0.333 e. The highest BCUT2D eigenvalue weighted by atomic mass is 16.5. The van der Waals surface area contributed by atoms with Gasteiger partial charge in [-0.1, -0.05) is 63.6 Å². The Morgan fingerprint density at radius 1 is 1.00 bits per heavy atom. The van der Waals surface area contributed by atoms with Crippen molar-refractivity contribution in [2.45, 2.75) is 47.1 Å². The number of hydrogen-bond acceptors (Lipinski definition) is 5. The highest BCUT2D eigenvalue weighted by Gasteiger charge is 2.61. The Morgan fingerprint density at radius 3 is 2.44 bits per heavy atom. The number of unbranched alkanes of at least 4 members (excludes halogenated alkanes) is 1. The van der Waals surface area contributed by atoms with Crippen LogP contribution in [0.1, 0.15) is 46.1 Å². The molecule has 0 aromatic heterocycles. The summed E-state index contributed by atoms with van der Waals surface area (Å²) in [5.74, 6) is 0.557. The van der Waals surface area contributed by atoms with Crippen molar-refractivity contribution in [3.63, 3.8) is 0 Å². The molecule has 1 fully saturated rings. The van der Waals surface area contributed by atoms with E-state index in [2.05, 4.69) is 0 Å². The quantitative estimate of drug-likeness (QED) is 0.256. The largest absolute Gasteiger partial charge is 0.462 e. The van der Waals surface area contributed by atoms with Crippen molar-refractivity contribution in [1.29, 1.82) is 0 Å². The molecule has 1 aliphatic carbocycles.